The second-order valence-electron chi connectivity index (χ2n) is 7.01. The largest absolute Gasteiger partial charge is 0.497 e. The van der Waals surface area contributed by atoms with Crippen molar-refractivity contribution in [2.24, 2.45) is 0 Å². The average molecular weight is 464 g/mol. The first-order valence-electron chi connectivity index (χ1n) is 10.1. The Labute approximate surface area is 188 Å². The first kappa shape index (κ1) is 25.0. The molecule has 2 N–H and O–H groups in total. The molecule has 2 rings (SSSR count). The number of anilines is 2. The summed E-state index contributed by atoms with van der Waals surface area (Å²) in [6.07, 6.45) is 2.78. The molecule has 0 bridgehead atoms. The predicted molar refractivity (Wildman–Crippen MR) is 124 cm³/mol. The molecule has 0 radical (unpaired) electrons. The van der Waals surface area contributed by atoms with Crippen LogP contribution in [-0.4, -0.2) is 53.8 Å². The summed E-state index contributed by atoms with van der Waals surface area (Å²) < 4.78 is 36.3. The van der Waals surface area contributed by atoms with Crippen LogP contribution in [0.1, 0.15) is 30.1 Å². The number of methoxy groups -OCH3 is 2. The van der Waals surface area contributed by atoms with Crippen molar-refractivity contribution in [2.75, 3.05) is 43.2 Å². The number of ether oxygens (including phenoxy) is 2. The number of sulfonamides is 1. The molecule has 0 atom stereocenters. The van der Waals surface area contributed by atoms with Gasteiger partial charge in [-0.25, -0.2) is 8.42 Å². The van der Waals surface area contributed by atoms with E-state index in [-0.39, 0.29) is 17.3 Å². The topological polar surface area (TPSA) is 114 Å². The zero-order valence-corrected chi connectivity index (χ0v) is 19.5. The molecule has 10 heteroatoms. The first-order chi connectivity index (χ1) is 15.2. The van der Waals surface area contributed by atoms with Crippen LogP contribution in [0.15, 0.2) is 42.5 Å². The van der Waals surface area contributed by atoms with Gasteiger partial charge < -0.3 is 20.1 Å². The highest BCUT2D eigenvalue weighted by molar-refractivity contribution is 7.92. The molecule has 0 aliphatic carbocycles. The zero-order valence-electron chi connectivity index (χ0n) is 18.7. The third-order valence-electron chi connectivity index (χ3n) is 4.60. The molecule has 0 spiro atoms. The monoisotopic (exact) mass is 463 g/mol. The number of nitrogens with zero attached hydrogens (tertiary/aromatic N) is 1. The lowest BCUT2D eigenvalue weighted by Crippen LogP contribution is -2.38. The van der Waals surface area contributed by atoms with Gasteiger partial charge >= 0.3 is 0 Å². The molecule has 2 aromatic carbocycles. The lowest BCUT2D eigenvalue weighted by atomic mass is 10.1. The Hall–Kier alpha value is -3.27. The van der Waals surface area contributed by atoms with E-state index < -0.39 is 22.5 Å². The lowest BCUT2D eigenvalue weighted by molar-refractivity contribution is -0.114. The van der Waals surface area contributed by atoms with Crippen LogP contribution in [0.2, 0.25) is 0 Å². The second-order valence-corrected chi connectivity index (χ2v) is 8.92. The van der Waals surface area contributed by atoms with Crippen molar-refractivity contribution in [2.45, 2.75) is 19.8 Å². The lowest BCUT2D eigenvalue weighted by Gasteiger charge is -2.24. The number of carbonyl (C=O) groups is 2. The molecule has 9 nitrogen and oxygen atoms in total. The normalized spacial score (nSPS) is 10.9. The number of nitrogens with one attached hydrogen (secondary N) is 2. The number of amides is 2. The summed E-state index contributed by atoms with van der Waals surface area (Å²) in [6.45, 7) is 2.04. The van der Waals surface area contributed by atoms with E-state index in [1.807, 2.05) is 6.92 Å². The van der Waals surface area contributed by atoms with Gasteiger partial charge in [-0.05, 0) is 30.7 Å². The van der Waals surface area contributed by atoms with Gasteiger partial charge in [-0.1, -0.05) is 25.5 Å². The molecule has 0 saturated carbocycles. The van der Waals surface area contributed by atoms with Gasteiger partial charge in [0.2, 0.25) is 15.9 Å². The van der Waals surface area contributed by atoms with E-state index in [0.29, 0.717) is 23.5 Å². The van der Waals surface area contributed by atoms with Crippen LogP contribution in [0.4, 0.5) is 11.4 Å². The first-order valence-corrected chi connectivity index (χ1v) is 11.9. The van der Waals surface area contributed by atoms with E-state index in [4.69, 9.17) is 9.47 Å². The van der Waals surface area contributed by atoms with Crippen LogP contribution < -0.4 is 24.4 Å². The summed E-state index contributed by atoms with van der Waals surface area (Å²) in [6, 6.07) is 11.2. The minimum Gasteiger partial charge on any atom is -0.497 e. The quantitative estimate of drug-likeness (QED) is 0.495. The molecule has 174 valence electrons. The van der Waals surface area contributed by atoms with E-state index in [9.17, 15) is 18.0 Å². The molecule has 2 amide bonds. The number of para-hydroxylation sites is 1. The summed E-state index contributed by atoms with van der Waals surface area (Å²) in [5.74, 6) is -0.210. The van der Waals surface area contributed by atoms with Crippen LogP contribution in [0.5, 0.6) is 11.5 Å². The molecule has 0 fully saturated rings. The van der Waals surface area contributed by atoms with Crippen LogP contribution >= 0.6 is 0 Å². The van der Waals surface area contributed by atoms with Crippen molar-refractivity contribution in [3.05, 3.63) is 48.0 Å². The van der Waals surface area contributed by atoms with E-state index in [1.165, 1.54) is 26.4 Å². The minimum atomic E-state index is -3.83. The van der Waals surface area contributed by atoms with Crippen molar-refractivity contribution in [3.63, 3.8) is 0 Å². The Balaban J connectivity index is 2.26. The zero-order chi connectivity index (χ0) is 23.7. The average Bonchev–Trinajstić information content (AvgIpc) is 2.76. The maximum absolute atomic E-state index is 12.8. The van der Waals surface area contributed by atoms with Crippen molar-refractivity contribution in [3.8, 4) is 11.5 Å². The molecular weight excluding hydrogens is 434 g/mol. The predicted octanol–water partition coefficient (Wildman–Crippen LogP) is 2.64. The third kappa shape index (κ3) is 6.61. The number of hydrogen-bond acceptors (Lipinski definition) is 6. The number of hydrogen-bond donors (Lipinski definition) is 2. The summed E-state index contributed by atoms with van der Waals surface area (Å²) in [5, 5.41) is 5.45. The molecule has 0 saturated heterocycles. The standard InChI is InChI=1S/C22H29N3O6S/c1-5-6-13-23-22(27)17-9-7-8-10-18(17)24-21(26)15-25(32(4,28)29)19-12-11-16(30-2)14-20(19)31-3/h7-12,14H,5-6,13,15H2,1-4H3,(H,23,27)(H,24,26). The second kappa shape index (κ2) is 11.4. The van der Waals surface area contributed by atoms with Gasteiger partial charge in [0.1, 0.15) is 18.0 Å². The highest BCUT2D eigenvalue weighted by Crippen LogP contribution is 2.33. The number of rotatable bonds is 11. The highest BCUT2D eigenvalue weighted by Gasteiger charge is 2.25. The molecule has 0 aliphatic rings. The van der Waals surface area contributed by atoms with Crippen molar-refractivity contribution < 1.29 is 27.5 Å². The number of carbonyl (C=O) groups excluding carboxylic acids is 2. The number of unbranched alkanes of at least 4 members (excludes halogenated alkanes) is 1. The molecule has 0 aromatic heterocycles. The summed E-state index contributed by atoms with van der Waals surface area (Å²) >= 11 is 0. The van der Waals surface area contributed by atoms with Gasteiger partial charge in [-0.2, -0.15) is 0 Å². The van der Waals surface area contributed by atoms with Crippen LogP contribution in [0.25, 0.3) is 0 Å². The molecular formula is C22H29N3O6S. The van der Waals surface area contributed by atoms with E-state index in [1.54, 1.807) is 30.3 Å². The van der Waals surface area contributed by atoms with Crippen molar-refractivity contribution in [1.82, 2.24) is 5.32 Å². The SMILES string of the molecule is CCCCNC(=O)c1ccccc1NC(=O)CN(c1ccc(OC)cc1OC)S(C)(=O)=O. The van der Waals surface area contributed by atoms with Gasteiger partial charge in [0.25, 0.3) is 5.91 Å². The molecule has 2 aromatic rings. The van der Waals surface area contributed by atoms with Gasteiger partial charge in [-0.3, -0.25) is 13.9 Å². The van der Waals surface area contributed by atoms with E-state index in [0.717, 1.165) is 23.4 Å². The highest BCUT2D eigenvalue weighted by atomic mass is 32.2. The molecule has 32 heavy (non-hydrogen) atoms. The van der Waals surface area contributed by atoms with E-state index in [2.05, 4.69) is 10.6 Å². The third-order valence-corrected chi connectivity index (χ3v) is 5.73. The van der Waals surface area contributed by atoms with Crippen LogP contribution in [-0.2, 0) is 14.8 Å². The summed E-state index contributed by atoms with van der Waals surface area (Å²) in [7, 11) is -0.953. The Morgan fingerprint density at radius 1 is 1.06 bits per heavy atom. The molecule has 0 aliphatic heterocycles. The fourth-order valence-electron chi connectivity index (χ4n) is 2.96. The fraction of sp³-hybridized carbons (Fsp3) is 0.364. The van der Waals surface area contributed by atoms with Gasteiger partial charge in [0.05, 0.1) is 37.4 Å². The Morgan fingerprint density at radius 3 is 2.41 bits per heavy atom. The minimum absolute atomic E-state index is 0.191. The summed E-state index contributed by atoms with van der Waals surface area (Å²) in [4.78, 5) is 25.3. The maximum atomic E-state index is 12.8. The molecule has 0 unspecified atom stereocenters. The van der Waals surface area contributed by atoms with E-state index >= 15 is 0 Å². The van der Waals surface area contributed by atoms with Gasteiger partial charge in [0, 0.05) is 12.6 Å². The smallest absolute Gasteiger partial charge is 0.253 e. The van der Waals surface area contributed by atoms with Gasteiger partial charge in [-0.15, -0.1) is 0 Å². The van der Waals surface area contributed by atoms with Crippen LogP contribution in [0, 0.1) is 0 Å². The maximum Gasteiger partial charge on any atom is 0.253 e. The Kier molecular flexibility index (Phi) is 8.89. The van der Waals surface area contributed by atoms with Crippen LogP contribution in [0.3, 0.4) is 0 Å². The Morgan fingerprint density at radius 2 is 1.78 bits per heavy atom. The fourth-order valence-corrected chi connectivity index (χ4v) is 3.82. The Bertz CT molecular complexity index is 1060. The van der Waals surface area contributed by atoms with Gasteiger partial charge in [0.15, 0.2) is 0 Å². The van der Waals surface area contributed by atoms with Crippen molar-refractivity contribution in [1.29, 1.82) is 0 Å². The number of benzene rings is 2. The molecule has 0 heterocycles. The summed E-state index contributed by atoms with van der Waals surface area (Å²) in [5.41, 5.74) is 0.781. The van der Waals surface area contributed by atoms with Crippen molar-refractivity contribution >= 4 is 33.2 Å².